The van der Waals surface area contributed by atoms with Crippen molar-refractivity contribution in [2.75, 3.05) is 12.4 Å². The zero-order valence-electron chi connectivity index (χ0n) is 18.2. The van der Waals surface area contributed by atoms with Crippen LogP contribution in [-0.4, -0.2) is 35.1 Å². The highest BCUT2D eigenvalue weighted by Crippen LogP contribution is 2.28. The van der Waals surface area contributed by atoms with Gasteiger partial charge in [0.2, 0.25) is 5.91 Å². The number of dihydropyridines is 1. The lowest BCUT2D eigenvalue weighted by atomic mass is 9.95. The Balaban J connectivity index is 0.00000145. The molecule has 1 aliphatic rings. The Morgan fingerprint density at radius 2 is 1.93 bits per heavy atom. The van der Waals surface area contributed by atoms with Gasteiger partial charge in [0.05, 0.1) is 17.8 Å². The first-order valence-corrected chi connectivity index (χ1v) is 10.2. The minimum absolute atomic E-state index is 0.141. The number of carbonyl (C=O) groups is 1. The summed E-state index contributed by atoms with van der Waals surface area (Å²) in [5.74, 6) is 0.390. The van der Waals surface area contributed by atoms with Gasteiger partial charge in [0.15, 0.2) is 0 Å². The number of anilines is 1. The molecule has 0 spiro atoms. The summed E-state index contributed by atoms with van der Waals surface area (Å²) in [5.41, 5.74) is 3.12. The highest BCUT2D eigenvalue weighted by molar-refractivity contribution is 5.92. The van der Waals surface area contributed by atoms with Crippen molar-refractivity contribution in [1.82, 2.24) is 15.3 Å². The van der Waals surface area contributed by atoms with Crippen LogP contribution in [0.25, 0.3) is 16.3 Å². The van der Waals surface area contributed by atoms with E-state index in [9.17, 15) is 4.79 Å². The van der Waals surface area contributed by atoms with Crippen molar-refractivity contribution in [2.45, 2.75) is 59.6 Å². The van der Waals surface area contributed by atoms with E-state index < -0.39 is 0 Å². The predicted octanol–water partition coefficient (Wildman–Crippen LogP) is 4.69. The van der Waals surface area contributed by atoms with Crippen molar-refractivity contribution in [3.05, 3.63) is 48.1 Å². The van der Waals surface area contributed by atoms with Crippen molar-refractivity contribution < 1.29 is 9.53 Å². The van der Waals surface area contributed by atoms with Crippen LogP contribution >= 0.6 is 0 Å². The van der Waals surface area contributed by atoms with Gasteiger partial charge in [0.25, 0.3) is 0 Å². The van der Waals surface area contributed by atoms with Crippen LogP contribution in [0.5, 0.6) is 0 Å². The number of ether oxygens (including phenoxy) is 1. The summed E-state index contributed by atoms with van der Waals surface area (Å²) in [7, 11) is 1.76. The SMILES string of the molecule is CC.CCCC(OC)C1C=C(C)C(c2cc3cnc(NC(C)=O)cc3cn2)=CN1. The average Bonchev–Trinajstić information content (AvgIpc) is 2.72. The van der Waals surface area contributed by atoms with Crippen molar-refractivity contribution >= 4 is 28.1 Å². The molecule has 2 N–H and O–H groups in total. The van der Waals surface area contributed by atoms with E-state index in [1.807, 2.05) is 38.4 Å². The summed E-state index contributed by atoms with van der Waals surface area (Å²) in [5, 5.41) is 8.05. The molecular weight excluding hydrogens is 364 g/mol. The highest BCUT2D eigenvalue weighted by Gasteiger charge is 2.22. The van der Waals surface area contributed by atoms with Crippen LogP contribution in [0.1, 0.15) is 53.2 Å². The highest BCUT2D eigenvalue weighted by atomic mass is 16.5. The van der Waals surface area contributed by atoms with E-state index in [-0.39, 0.29) is 18.1 Å². The summed E-state index contributed by atoms with van der Waals surface area (Å²) in [4.78, 5) is 20.1. The topological polar surface area (TPSA) is 76.1 Å². The summed E-state index contributed by atoms with van der Waals surface area (Å²) in [6.07, 6.45) is 10.1. The zero-order valence-corrected chi connectivity index (χ0v) is 18.2. The number of aromatic nitrogens is 2. The van der Waals surface area contributed by atoms with Crippen molar-refractivity contribution in [3.63, 3.8) is 0 Å². The Kier molecular flexibility index (Phi) is 8.34. The fraction of sp³-hybridized carbons (Fsp3) is 0.435. The molecule has 0 radical (unpaired) electrons. The normalized spacial score (nSPS) is 16.7. The minimum atomic E-state index is -0.141. The molecule has 2 atom stereocenters. The third-order valence-electron chi connectivity index (χ3n) is 4.73. The predicted molar refractivity (Wildman–Crippen MR) is 120 cm³/mol. The molecule has 2 unspecified atom stereocenters. The second-order valence-electron chi connectivity index (χ2n) is 6.83. The summed E-state index contributed by atoms with van der Waals surface area (Å²) < 4.78 is 5.63. The van der Waals surface area contributed by atoms with E-state index in [0.717, 1.165) is 34.9 Å². The number of nitrogens with zero attached hydrogens (tertiary/aromatic N) is 2. The fourth-order valence-corrected chi connectivity index (χ4v) is 3.35. The number of rotatable bonds is 6. The molecule has 29 heavy (non-hydrogen) atoms. The molecule has 0 aliphatic carbocycles. The quantitative estimate of drug-likeness (QED) is 0.741. The molecule has 0 bridgehead atoms. The number of amides is 1. The molecule has 0 fully saturated rings. The molecule has 0 saturated heterocycles. The van der Waals surface area contributed by atoms with Crippen LogP contribution in [-0.2, 0) is 9.53 Å². The van der Waals surface area contributed by atoms with Gasteiger partial charge in [-0.25, -0.2) is 4.98 Å². The van der Waals surface area contributed by atoms with Crippen LogP contribution in [0, 0.1) is 0 Å². The van der Waals surface area contributed by atoms with Crippen LogP contribution in [0.15, 0.2) is 42.4 Å². The Hall–Kier alpha value is -2.73. The van der Waals surface area contributed by atoms with Gasteiger partial charge in [-0.15, -0.1) is 0 Å². The zero-order chi connectivity index (χ0) is 21.4. The first kappa shape index (κ1) is 22.6. The fourth-order valence-electron chi connectivity index (χ4n) is 3.35. The Bertz CT molecular complexity index is 905. The average molecular weight is 397 g/mol. The van der Waals surface area contributed by atoms with Gasteiger partial charge in [-0.3, -0.25) is 9.78 Å². The Morgan fingerprint density at radius 3 is 2.55 bits per heavy atom. The molecule has 3 rings (SSSR count). The molecule has 2 aromatic rings. The summed E-state index contributed by atoms with van der Waals surface area (Å²) in [6.45, 7) is 9.73. The molecule has 6 nitrogen and oxygen atoms in total. The van der Waals surface area contributed by atoms with Gasteiger partial charge >= 0.3 is 0 Å². The maximum atomic E-state index is 11.2. The van der Waals surface area contributed by atoms with Crippen LogP contribution in [0.3, 0.4) is 0 Å². The monoisotopic (exact) mass is 396 g/mol. The molecule has 1 aliphatic heterocycles. The molecule has 156 valence electrons. The number of pyridine rings is 2. The van der Waals surface area contributed by atoms with Crippen LogP contribution < -0.4 is 10.6 Å². The molecule has 0 aromatic carbocycles. The van der Waals surface area contributed by atoms with Crippen molar-refractivity contribution in [1.29, 1.82) is 0 Å². The molecular formula is C23H32N4O2. The van der Waals surface area contributed by atoms with Crippen LogP contribution in [0.2, 0.25) is 0 Å². The third kappa shape index (κ3) is 5.64. The van der Waals surface area contributed by atoms with E-state index in [2.05, 4.69) is 40.5 Å². The van der Waals surface area contributed by atoms with E-state index in [1.165, 1.54) is 12.5 Å². The van der Waals surface area contributed by atoms with Gasteiger partial charge in [-0.2, -0.15) is 0 Å². The lowest BCUT2D eigenvalue weighted by molar-refractivity contribution is -0.114. The summed E-state index contributed by atoms with van der Waals surface area (Å²) >= 11 is 0. The van der Waals surface area contributed by atoms with Gasteiger partial charge in [0.1, 0.15) is 5.82 Å². The van der Waals surface area contributed by atoms with Gasteiger partial charge < -0.3 is 15.4 Å². The maximum Gasteiger partial charge on any atom is 0.222 e. The van der Waals surface area contributed by atoms with Gasteiger partial charge in [0, 0.05) is 49.0 Å². The molecule has 2 aromatic heterocycles. The first-order valence-electron chi connectivity index (χ1n) is 10.2. The number of methoxy groups -OCH3 is 1. The van der Waals surface area contributed by atoms with E-state index in [0.29, 0.717) is 5.82 Å². The minimum Gasteiger partial charge on any atom is -0.382 e. The molecule has 0 saturated carbocycles. The lowest BCUT2D eigenvalue weighted by Gasteiger charge is -2.28. The summed E-state index contributed by atoms with van der Waals surface area (Å²) in [6, 6.07) is 4.01. The smallest absolute Gasteiger partial charge is 0.222 e. The maximum absolute atomic E-state index is 11.2. The van der Waals surface area contributed by atoms with E-state index in [4.69, 9.17) is 4.74 Å². The Labute approximate surface area is 173 Å². The van der Waals surface area contributed by atoms with Crippen LogP contribution in [0.4, 0.5) is 5.82 Å². The van der Waals surface area contributed by atoms with Crippen molar-refractivity contribution in [3.8, 4) is 0 Å². The number of allylic oxidation sites excluding steroid dienone is 2. The Morgan fingerprint density at radius 1 is 1.24 bits per heavy atom. The molecule has 3 heterocycles. The third-order valence-corrected chi connectivity index (χ3v) is 4.73. The number of fused-ring (bicyclic) bond motifs is 1. The number of nitrogens with one attached hydrogen (secondary N) is 2. The largest absolute Gasteiger partial charge is 0.382 e. The van der Waals surface area contributed by atoms with E-state index in [1.54, 1.807) is 13.3 Å². The number of hydrogen-bond acceptors (Lipinski definition) is 5. The second kappa shape index (κ2) is 10.7. The second-order valence-corrected chi connectivity index (χ2v) is 6.83. The molecule has 6 heteroatoms. The standard InChI is InChI=1S/C21H26N4O2.C2H6/c1-5-6-20(27-4)19-7-13(2)17(12-23-19)18-8-15-11-24-21(25-14(3)26)9-16(15)10-22-18;1-2/h7-12,19-20,23H,5-6H2,1-4H3,(H,24,25,26);1-2H3. The van der Waals surface area contributed by atoms with Gasteiger partial charge in [-0.1, -0.05) is 33.3 Å². The van der Waals surface area contributed by atoms with Crippen molar-refractivity contribution in [2.24, 2.45) is 0 Å². The lowest BCUT2D eigenvalue weighted by Crippen LogP contribution is -2.38. The number of carbonyl (C=O) groups excluding carboxylic acids is 1. The first-order chi connectivity index (χ1) is 14.0. The van der Waals surface area contributed by atoms with E-state index >= 15 is 0 Å². The number of hydrogen-bond donors (Lipinski definition) is 2. The molecule has 1 amide bonds. The van der Waals surface area contributed by atoms with Gasteiger partial charge in [-0.05, 0) is 31.1 Å².